The van der Waals surface area contributed by atoms with Gasteiger partial charge in [-0.3, -0.25) is 0 Å². The lowest BCUT2D eigenvalue weighted by Gasteiger charge is -2.08. The Labute approximate surface area is 120 Å². The molecule has 0 amide bonds. The Hall–Kier alpha value is -1.47. The summed E-state index contributed by atoms with van der Waals surface area (Å²) in [6.07, 6.45) is 1.08. The maximum Gasteiger partial charge on any atom is 0.170 e. The van der Waals surface area contributed by atoms with Crippen LogP contribution in [0.1, 0.15) is 19.2 Å². The van der Waals surface area contributed by atoms with Gasteiger partial charge in [-0.15, -0.1) is 5.10 Å². The molecule has 0 saturated heterocycles. The van der Waals surface area contributed by atoms with Crippen LogP contribution >= 0.6 is 15.9 Å². The van der Waals surface area contributed by atoms with Crippen LogP contribution in [-0.2, 0) is 6.54 Å². The Bertz CT molecular complexity index is 543. The molecule has 0 unspecified atom stereocenters. The second kappa shape index (κ2) is 6.63. The van der Waals surface area contributed by atoms with Crippen molar-refractivity contribution in [1.29, 1.82) is 0 Å². The minimum absolute atomic E-state index is 0.638. The summed E-state index contributed by atoms with van der Waals surface area (Å²) >= 11 is 3.43. The molecule has 1 aromatic heterocycles. The average molecular weight is 326 g/mol. The van der Waals surface area contributed by atoms with Crippen molar-refractivity contribution < 1.29 is 4.74 Å². The van der Waals surface area contributed by atoms with Crippen molar-refractivity contribution in [2.75, 3.05) is 13.7 Å². The molecule has 0 atom stereocenters. The number of halogens is 1. The summed E-state index contributed by atoms with van der Waals surface area (Å²) in [6, 6.07) is 5.75. The number of ether oxygens (including phenoxy) is 1. The Kier molecular flexibility index (Phi) is 4.86. The molecule has 0 spiro atoms. The predicted octanol–water partition coefficient (Wildman–Crippen LogP) is 1.93. The average Bonchev–Trinajstić information content (AvgIpc) is 2.88. The van der Waals surface area contributed by atoms with E-state index < -0.39 is 0 Å². The fraction of sp³-hybridized carbons (Fsp3) is 0.417. The molecule has 0 aliphatic carbocycles. The van der Waals surface area contributed by atoms with Gasteiger partial charge in [0.05, 0.1) is 23.8 Å². The first-order valence-electron chi connectivity index (χ1n) is 6.08. The van der Waals surface area contributed by atoms with E-state index in [9.17, 15) is 0 Å². The van der Waals surface area contributed by atoms with Crippen molar-refractivity contribution in [3.63, 3.8) is 0 Å². The lowest BCUT2D eigenvalue weighted by Crippen LogP contribution is -2.17. The number of hydrogen-bond acceptors (Lipinski definition) is 5. The normalized spacial score (nSPS) is 10.7. The fourth-order valence-corrected chi connectivity index (χ4v) is 2.08. The van der Waals surface area contributed by atoms with E-state index in [1.54, 1.807) is 11.8 Å². The highest BCUT2D eigenvalue weighted by molar-refractivity contribution is 9.10. The zero-order chi connectivity index (χ0) is 13.7. The molecule has 1 aromatic carbocycles. The van der Waals surface area contributed by atoms with Gasteiger partial charge < -0.3 is 10.1 Å². The molecular formula is C12H16BrN5O. The number of nitrogens with zero attached hydrogens (tertiary/aromatic N) is 4. The SMILES string of the molecule is CCCNCc1nnnn1-c1ccc(Br)c(OC)c1. The summed E-state index contributed by atoms with van der Waals surface area (Å²) in [4.78, 5) is 0. The van der Waals surface area contributed by atoms with Crippen molar-refractivity contribution in [3.05, 3.63) is 28.5 Å². The van der Waals surface area contributed by atoms with Crippen molar-refractivity contribution in [1.82, 2.24) is 25.5 Å². The van der Waals surface area contributed by atoms with E-state index in [0.717, 1.165) is 34.7 Å². The number of methoxy groups -OCH3 is 1. The van der Waals surface area contributed by atoms with Crippen LogP contribution in [0.4, 0.5) is 0 Å². The van der Waals surface area contributed by atoms with Crippen LogP contribution in [0.2, 0.25) is 0 Å². The van der Waals surface area contributed by atoms with E-state index >= 15 is 0 Å². The van der Waals surface area contributed by atoms with Gasteiger partial charge in [-0.2, -0.15) is 4.68 Å². The van der Waals surface area contributed by atoms with Crippen LogP contribution in [-0.4, -0.2) is 33.9 Å². The Morgan fingerprint density at radius 3 is 3.00 bits per heavy atom. The molecule has 0 aliphatic rings. The molecule has 2 aromatic rings. The lowest BCUT2D eigenvalue weighted by atomic mass is 10.3. The third-order valence-corrected chi connectivity index (χ3v) is 3.28. The summed E-state index contributed by atoms with van der Waals surface area (Å²) in [6.45, 7) is 3.70. The van der Waals surface area contributed by atoms with Gasteiger partial charge in [0, 0.05) is 6.07 Å². The van der Waals surface area contributed by atoms with Gasteiger partial charge in [0.15, 0.2) is 5.82 Å². The predicted molar refractivity (Wildman–Crippen MR) is 75.4 cm³/mol. The highest BCUT2D eigenvalue weighted by Gasteiger charge is 2.10. The number of nitrogens with one attached hydrogen (secondary N) is 1. The smallest absolute Gasteiger partial charge is 0.170 e. The number of benzene rings is 1. The van der Waals surface area contributed by atoms with Crippen molar-refractivity contribution in [3.8, 4) is 11.4 Å². The first-order valence-corrected chi connectivity index (χ1v) is 6.87. The zero-order valence-corrected chi connectivity index (χ0v) is 12.5. The largest absolute Gasteiger partial charge is 0.495 e. The highest BCUT2D eigenvalue weighted by atomic mass is 79.9. The monoisotopic (exact) mass is 325 g/mol. The van der Waals surface area contributed by atoms with Gasteiger partial charge in [0.25, 0.3) is 0 Å². The second-order valence-electron chi connectivity index (χ2n) is 4.00. The molecule has 0 bridgehead atoms. The Morgan fingerprint density at radius 2 is 2.26 bits per heavy atom. The molecule has 7 heteroatoms. The van der Waals surface area contributed by atoms with E-state index in [2.05, 4.69) is 43.7 Å². The summed E-state index contributed by atoms with van der Waals surface area (Å²) in [5, 5.41) is 15.1. The third-order valence-electron chi connectivity index (χ3n) is 2.62. The van der Waals surface area contributed by atoms with Gasteiger partial charge in [-0.25, -0.2) is 0 Å². The van der Waals surface area contributed by atoms with Crippen LogP contribution in [0.15, 0.2) is 22.7 Å². The first-order chi connectivity index (χ1) is 9.26. The van der Waals surface area contributed by atoms with Gasteiger partial charge in [-0.05, 0) is 51.5 Å². The van der Waals surface area contributed by atoms with E-state index in [1.807, 2.05) is 18.2 Å². The number of rotatable bonds is 6. The van der Waals surface area contributed by atoms with Crippen molar-refractivity contribution in [2.24, 2.45) is 0 Å². The molecule has 0 fully saturated rings. The molecule has 1 N–H and O–H groups in total. The third kappa shape index (κ3) is 3.30. The van der Waals surface area contributed by atoms with Crippen LogP contribution in [0.5, 0.6) is 5.75 Å². The van der Waals surface area contributed by atoms with E-state index in [1.165, 1.54) is 0 Å². The van der Waals surface area contributed by atoms with Gasteiger partial charge in [-0.1, -0.05) is 6.92 Å². The molecule has 1 heterocycles. The maximum absolute atomic E-state index is 5.28. The molecule has 19 heavy (non-hydrogen) atoms. The first kappa shape index (κ1) is 14.0. The molecule has 0 saturated carbocycles. The minimum Gasteiger partial charge on any atom is -0.495 e. The van der Waals surface area contributed by atoms with Crippen molar-refractivity contribution in [2.45, 2.75) is 19.9 Å². The number of tetrazole rings is 1. The van der Waals surface area contributed by atoms with E-state index in [0.29, 0.717) is 6.54 Å². The Balaban J connectivity index is 2.24. The molecule has 6 nitrogen and oxygen atoms in total. The second-order valence-corrected chi connectivity index (χ2v) is 4.86. The van der Waals surface area contributed by atoms with Crippen LogP contribution in [0.3, 0.4) is 0 Å². The van der Waals surface area contributed by atoms with Gasteiger partial charge >= 0.3 is 0 Å². The topological polar surface area (TPSA) is 64.9 Å². The number of hydrogen-bond donors (Lipinski definition) is 1. The zero-order valence-electron chi connectivity index (χ0n) is 10.9. The van der Waals surface area contributed by atoms with Gasteiger partial charge in [0.2, 0.25) is 0 Å². The highest BCUT2D eigenvalue weighted by Crippen LogP contribution is 2.27. The van der Waals surface area contributed by atoms with E-state index in [4.69, 9.17) is 4.74 Å². The fourth-order valence-electron chi connectivity index (χ4n) is 1.67. The number of aromatic nitrogens is 4. The van der Waals surface area contributed by atoms with Crippen LogP contribution in [0.25, 0.3) is 5.69 Å². The lowest BCUT2D eigenvalue weighted by molar-refractivity contribution is 0.411. The standard InChI is InChI=1S/C12H16BrN5O/c1-3-6-14-8-12-15-16-17-18(12)9-4-5-10(13)11(7-9)19-2/h4-5,7,14H,3,6,8H2,1-2H3. The maximum atomic E-state index is 5.28. The van der Waals surface area contributed by atoms with E-state index in [-0.39, 0.29) is 0 Å². The quantitative estimate of drug-likeness (QED) is 0.822. The molecule has 0 aliphatic heterocycles. The molecule has 2 rings (SSSR count). The van der Waals surface area contributed by atoms with Crippen LogP contribution in [0, 0.1) is 0 Å². The molecule has 102 valence electrons. The molecule has 0 radical (unpaired) electrons. The minimum atomic E-state index is 0.638. The summed E-state index contributed by atoms with van der Waals surface area (Å²) in [5.74, 6) is 1.53. The van der Waals surface area contributed by atoms with Gasteiger partial charge in [0.1, 0.15) is 5.75 Å². The van der Waals surface area contributed by atoms with Crippen molar-refractivity contribution >= 4 is 15.9 Å². The Morgan fingerprint density at radius 1 is 1.42 bits per heavy atom. The van der Waals surface area contributed by atoms with Crippen LogP contribution < -0.4 is 10.1 Å². The summed E-state index contributed by atoms with van der Waals surface area (Å²) in [5.41, 5.74) is 0.873. The molecular weight excluding hydrogens is 310 g/mol. The summed E-state index contributed by atoms with van der Waals surface area (Å²) in [7, 11) is 1.63. The summed E-state index contributed by atoms with van der Waals surface area (Å²) < 4.78 is 7.88.